The van der Waals surface area contributed by atoms with E-state index in [9.17, 15) is 8.78 Å². The second-order valence-electron chi connectivity index (χ2n) is 3.62. The Morgan fingerprint density at radius 3 is 2.76 bits per heavy atom. The average Bonchev–Trinajstić information content (AvgIpc) is 2.71. The highest BCUT2D eigenvalue weighted by Crippen LogP contribution is 2.25. The number of halogens is 2. The van der Waals surface area contributed by atoms with Gasteiger partial charge in [-0.25, -0.2) is 13.8 Å². The lowest BCUT2D eigenvalue weighted by molar-refractivity contribution is 0.580. The van der Waals surface area contributed by atoms with Crippen LogP contribution in [-0.2, 0) is 7.05 Å². The summed E-state index contributed by atoms with van der Waals surface area (Å²) in [5.41, 5.74) is 0.00167. The van der Waals surface area contributed by atoms with Gasteiger partial charge in [-0.2, -0.15) is 5.26 Å². The van der Waals surface area contributed by atoms with E-state index in [4.69, 9.17) is 5.26 Å². The van der Waals surface area contributed by atoms with Crippen LogP contribution in [0.25, 0.3) is 0 Å². The summed E-state index contributed by atoms with van der Waals surface area (Å²) in [5, 5.41) is 9.10. The van der Waals surface area contributed by atoms with Crippen LogP contribution in [0.5, 0.6) is 0 Å². The highest BCUT2D eigenvalue weighted by molar-refractivity contribution is 5.33. The van der Waals surface area contributed by atoms with E-state index in [1.165, 1.54) is 6.20 Å². The Kier molecular flexibility index (Phi) is 2.88. The highest BCUT2D eigenvalue weighted by Gasteiger charge is 2.21. The SMILES string of the molecule is Cn1ccnc1C(C#N)c1cc(F)ccc1F. The maximum Gasteiger partial charge on any atom is 0.132 e. The third kappa shape index (κ3) is 2.02. The van der Waals surface area contributed by atoms with Crippen molar-refractivity contribution in [2.24, 2.45) is 7.05 Å². The van der Waals surface area contributed by atoms with Crippen LogP contribution >= 0.6 is 0 Å². The van der Waals surface area contributed by atoms with Crippen LogP contribution in [0, 0.1) is 23.0 Å². The molecule has 0 saturated carbocycles. The molecule has 1 atom stereocenters. The zero-order chi connectivity index (χ0) is 12.4. The van der Waals surface area contributed by atoms with Crippen molar-refractivity contribution in [1.82, 2.24) is 9.55 Å². The molecule has 0 aliphatic rings. The molecule has 17 heavy (non-hydrogen) atoms. The van der Waals surface area contributed by atoms with Gasteiger partial charge in [-0.05, 0) is 18.2 Å². The number of imidazole rings is 1. The first-order valence-electron chi connectivity index (χ1n) is 4.95. The van der Waals surface area contributed by atoms with E-state index in [2.05, 4.69) is 4.98 Å². The summed E-state index contributed by atoms with van der Waals surface area (Å²) < 4.78 is 28.3. The molecule has 0 spiro atoms. The molecule has 0 aliphatic heterocycles. The lowest BCUT2D eigenvalue weighted by atomic mass is 9.99. The van der Waals surface area contributed by atoms with E-state index in [-0.39, 0.29) is 5.56 Å². The van der Waals surface area contributed by atoms with Gasteiger partial charge in [0.2, 0.25) is 0 Å². The summed E-state index contributed by atoms with van der Waals surface area (Å²) in [6, 6.07) is 5.00. The van der Waals surface area contributed by atoms with E-state index < -0.39 is 17.6 Å². The number of rotatable bonds is 2. The molecule has 1 aromatic carbocycles. The smallest absolute Gasteiger partial charge is 0.132 e. The summed E-state index contributed by atoms with van der Waals surface area (Å²) in [4.78, 5) is 3.99. The first-order chi connectivity index (χ1) is 8.13. The van der Waals surface area contributed by atoms with Gasteiger partial charge < -0.3 is 4.57 Å². The maximum absolute atomic E-state index is 13.6. The third-order valence-corrected chi connectivity index (χ3v) is 2.51. The predicted molar refractivity (Wildman–Crippen MR) is 57.0 cm³/mol. The van der Waals surface area contributed by atoms with Crippen molar-refractivity contribution in [3.63, 3.8) is 0 Å². The topological polar surface area (TPSA) is 41.6 Å². The summed E-state index contributed by atoms with van der Waals surface area (Å²) >= 11 is 0. The summed E-state index contributed by atoms with van der Waals surface area (Å²) in [5.74, 6) is -1.71. The molecular formula is C12H9F2N3. The summed E-state index contributed by atoms with van der Waals surface area (Å²) in [7, 11) is 1.70. The van der Waals surface area contributed by atoms with Crippen molar-refractivity contribution < 1.29 is 8.78 Å². The minimum atomic E-state index is -0.911. The Morgan fingerprint density at radius 1 is 1.41 bits per heavy atom. The van der Waals surface area contributed by atoms with Crippen molar-refractivity contribution in [1.29, 1.82) is 5.26 Å². The molecule has 3 nitrogen and oxygen atoms in total. The third-order valence-electron chi connectivity index (χ3n) is 2.51. The zero-order valence-electron chi connectivity index (χ0n) is 9.06. The Hall–Kier alpha value is -2.22. The minimum Gasteiger partial charge on any atom is -0.337 e. The molecular weight excluding hydrogens is 224 g/mol. The molecule has 0 saturated heterocycles. The van der Waals surface area contributed by atoms with Gasteiger partial charge in [0.05, 0.1) is 6.07 Å². The van der Waals surface area contributed by atoms with Crippen LogP contribution < -0.4 is 0 Å². The second-order valence-corrected chi connectivity index (χ2v) is 3.62. The van der Waals surface area contributed by atoms with E-state index in [0.29, 0.717) is 5.82 Å². The Labute approximate surface area is 96.9 Å². The van der Waals surface area contributed by atoms with Gasteiger partial charge in [-0.1, -0.05) is 0 Å². The molecule has 2 rings (SSSR count). The van der Waals surface area contributed by atoms with Gasteiger partial charge in [0.1, 0.15) is 23.4 Å². The van der Waals surface area contributed by atoms with Gasteiger partial charge in [0.25, 0.3) is 0 Å². The first-order valence-corrected chi connectivity index (χ1v) is 4.95. The van der Waals surface area contributed by atoms with Crippen LogP contribution in [0.2, 0.25) is 0 Å². The Morgan fingerprint density at radius 2 is 2.18 bits per heavy atom. The van der Waals surface area contributed by atoms with Crippen molar-refractivity contribution in [2.75, 3.05) is 0 Å². The van der Waals surface area contributed by atoms with E-state index in [1.807, 2.05) is 6.07 Å². The van der Waals surface area contributed by atoms with Gasteiger partial charge in [-0.3, -0.25) is 0 Å². The molecule has 0 fully saturated rings. The normalized spacial score (nSPS) is 12.1. The molecule has 0 N–H and O–H groups in total. The van der Waals surface area contributed by atoms with Crippen LogP contribution in [-0.4, -0.2) is 9.55 Å². The number of nitriles is 1. The average molecular weight is 233 g/mol. The molecule has 1 aromatic heterocycles. The lowest BCUT2D eigenvalue weighted by Gasteiger charge is -2.10. The number of aromatic nitrogens is 2. The summed E-state index contributed by atoms with van der Waals surface area (Å²) in [6.07, 6.45) is 3.16. The van der Waals surface area contributed by atoms with Gasteiger partial charge >= 0.3 is 0 Å². The molecule has 1 heterocycles. The number of nitrogens with zero attached hydrogens (tertiary/aromatic N) is 3. The fraction of sp³-hybridized carbons (Fsp3) is 0.167. The quantitative estimate of drug-likeness (QED) is 0.799. The number of hydrogen-bond acceptors (Lipinski definition) is 2. The minimum absolute atomic E-state index is 0.00167. The van der Waals surface area contributed by atoms with Crippen LogP contribution in [0.1, 0.15) is 17.3 Å². The van der Waals surface area contributed by atoms with Crippen molar-refractivity contribution in [2.45, 2.75) is 5.92 Å². The van der Waals surface area contributed by atoms with Crippen molar-refractivity contribution >= 4 is 0 Å². The van der Waals surface area contributed by atoms with Crippen LogP contribution in [0.4, 0.5) is 8.78 Å². The van der Waals surface area contributed by atoms with Gasteiger partial charge in [-0.15, -0.1) is 0 Å². The summed E-state index contributed by atoms with van der Waals surface area (Å²) in [6.45, 7) is 0. The molecule has 5 heteroatoms. The fourth-order valence-electron chi connectivity index (χ4n) is 1.66. The zero-order valence-corrected chi connectivity index (χ0v) is 9.06. The fourth-order valence-corrected chi connectivity index (χ4v) is 1.66. The molecule has 1 unspecified atom stereocenters. The van der Waals surface area contributed by atoms with Crippen molar-refractivity contribution in [3.05, 3.63) is 53.6 Å². The Balaban J connectivity index is 2.54. The van der Waals surface area contributed by atoms with Gasteiger partial charge in [0, 0.05) is 25.0 Å². The van der Waals surface area contributed by atoms with Crippen LogP contribution in [0.15, 0.2) is 30.6 Å². The second kappa shape index (κ2) is 4.34. The molecule has 0 radical (unpaired) electrons. The monoisotopic (exact) mass is 233 g/mol. The predicted octanol–water partition coefficient (Wildman–Crippen LogP) is 2.35. The maximum atomic E-state index is 13.6. The van der Waals surface area contributed by atoms with Crippen molar-refractivity contribution in [3.8, 4) is 6.07 Å². The van der Waals surface area contributed by atoms with E-state index >= 15 is 0 Å². The number of benzene rings is 1. The highest BCUT2D eigenvalue weighted by atomic mass is 19.1. The lowest BCUT2D eigenvalue weighted by Crippen LogP contribution is -2.08. The largest absolute Gasteiger partial charge is 0.337 e. The molecule has 0 aliphatic carbocycles. The molecule has 86 valence electrons. The van der Waals surface area contributed by atoms with E-state index in [0.717, 1.165) is 18.2 Å². The standard InChI is InChI=1S/C12H9F2N3/c1-17-5-4-16-12(17)10(7-15)9-6-8(13)2-3-11(9)14/h2-6,10H,1H3. The van der Waals surface area contributed by atoms with Crippen LogP contribution in [0.3, 0.4) is 0 Å². The number of hydrogen-bond donors (Lipinski definition) is 0. The number of aryl methyl sites for hydroxylation is 1. The van der Waals surface area contributed by atoms with E-state index in [1.54, 1.807) is 17.8 Å². The Bertz CT molecular complexity index is 584. The molecule has 2 aromatic rings. The molecule has 0 amide bonds. The molecule has 0 bridgehead atoms. The van der Waals surface area contributed by atoms with Gasteiger partial charge in [0.15, 0.2) is 0 Å². The first kappa shape index (κ1) is 11.3.